The summed E-state index contributed by atoms with van der Waals surface area (Å²) in [5, 5.41) is 12.3. The number of anilines is 1. The Morgan fingerprint density at radius 3 is 2.65 bits per heavy atom. The van der Waals surface area contributed by atoms with Crippen molar-refractivity contribution in [3.05, 3.63) is 18.3 Å². The quantitative estimate of drug-likeness (QED) is 0.825. The van der Waals surface area contributed by atoms with Crippen molar-refractivity contribution in [1.29, 1.82) is 0 Å². The molecule has 1 unspecified atom stereocenters. The van der Waals surface area contributed by atoms with Crippen molar-refractivity contribution >= 4 is 15.7 Å². The summed E-state index contributed by atoms with van der Waals surface area (Å²) in [7, 11) is -3.33. The number of aliphatic hydroxyl groups excluding tert-OH is 1. The van der Waals surface area contributed by atoms with Crippen LogP contribution in [0.2, 0.25) is 0 Å². The van der Waals surface area contributed by atoms with Crippen LogP contribution < -0.4 is 5.32 Å². The van der Waals surface area contributed by atoms with Gasteiger partial charge in [0, 0.05) is 12.5 Å². The Hall–Kier alpha value is -1.14. The summed E-state index contributed by atoms with van der Waals surface area (Å²) < 4.78 is 23.1. The number of rotatable bonds is 5. The molecule has 17 heavy (non-hydrogen) atoms. The zero-order valence-corrected chi connectivity index (χ0v) is 11.1. The van der Waals surface area contributed by atoms with E-state index in [0.29, 0.717) is 6.42 Å². The van der Waals surface area contributed by atoms with Crippen LogP contribution in [-0.2, 0) is 9.84 Å². The Morgan fingerprint density at radius 1 is 1.53 bits per heavy atom. The van der Waals surface area contributed by atoms with Crippen LogP contribution in [-0.4, -0.2) is 36.9 Å². The lowest BCUT2D eigenvalue weighted by molar-refractivity contribution is 0.218. The predicted octanol–water partition coefficient (Wildman–Crippen LogP) is 1.06. The van der Waals surface area contributed by atoms with Crippen molar-refractivity contribution in [2.24, 2.45) is 0 Å². The standard InChI is InChI=1S/C11H18N2O3S/c1-4-11(2,8-14)13-10-9(17(3,15)16)6-5-7-12-10/h5-7,14H,4,8H2,1-3H3,(H,12,13). The number of aliphatic hydroxyl groups is 1. The molecular formula is C11H18N2O3S. The van der Waals surface area contributed by atoms with E-state index in [1.807, 2.05) is 13.8 Å². The molecule has 0 aliphatic carbocycles. The van der Waals surface area contributed by atoms with Gasteiger partial charge in [0.1, 0.15) is 10.7 Å². The molecule has 1 rings (SSSR count). The summed E-state index contributed by atoms with van der Waals surface area (Å²) >= 11 is 0. The molecule has 0 bridgehead atoms. The first-order valence-corrected chi connectivity index (χ1v) is 7.25. The zero-order valence-electron chi connectivity index (χ0n) is 10.3. The summed E-state index contributed by atoms with van der Waals surface area (Å²) in [6.45, 7) is 3.63. The minimum Gasteiger partial charge on any atom is -0.394 e. The summed E-state index contributed by atoms with van der Waals surface area (Å²) in [4.78, 5) is 4.17. The molecule has 0 spiro atoms. The summed E-state index contributed by atoms with van der Waals surface area (Å²) in [5.74, 6) is 0.286. The molecule has 0 aromatic carbocycles. The van der Waals surface area contributed by atoms with Gasteiger partial charge < -0.3 is 10.4 Å². The van der Waals surface area contributed by atoms with Crippen LogP contribution in [0.1, 0.15) is 20.3 Å². The van der Waals surface area contributed by atoms with Gasteiger partial charge in [0.25, 0.3) is 0 Å². The van der Waals surface area contributed by atoms with Crippen LogP contribution in [0.15, 0.2) is 23.2 Å². The van der Waals surface area contributed by atoms with Crippen LogP contribution in [0.5, 0.6) is 0 Å². The normalized spacial score (nSPS) is 15.3. The molecule has 0 aliphatic rings. The number of sulfone groups is 1. The largest absolute Gasteiger partial charge is 0.394 e. The van der Waals surface area contributed by atoms with Crippen molar-refractivity contribution < 1.29 is 13.5 Å². The number of aromatic nitrogens is 1. The van der Waals surface area contributed by atoms with E-state index >= 15 is 0 Å². The molecule has 0 radical (unpaired) electrons. The Bertz CT molecular complexity index is 481. The van der Waals surface area contributed by atoms with Gasteiger partial charge in [0.05, 0.1) is 12.1 Å². The first-order chi connectivity index (χ1) is 7.82. The highest BCUT2D eigenvalue weighted by Gasteiger charge is 2.24. The molecule has 1 aromatic heterocycles. The zero-order chi connectivity index (χ0) is 13.1. The fraction of sp³-hybridized carbons (Fsp3) is 0.545. The molecule has 6 heteroatoms. The third kappa shape index (κ3) is 3.41. The summed E-state index contributed by atoms with van der Waals surface area (Å²) in [5.41, 5.74) is -0.576. The van der Waals surface area contributed by atoms with E-state index in [1.54, 1.807) is 6.07 Å². The lowest BCUT2D eigenvalue weighted by Gasteiger charge is -2.28. The van der Waals surface area contributed by atoms with Gasteiger partial charge in [-0.05, 0) is 25.5 Å². The van der Waals surface area contributed by atoms with Gasteiger partial charge in [-0.3, -0.25) is 0 Å². The second kappa shape index (κ2) is 5.01. The molecule has 2 N–H and O–H groups in total. The highest BCUT2D eigenvalue weighted by molar-refractivity contribution is 7.90. The molecule has 0 saturated carbocycles. The van der Waals surface area contributed by atoms with Crippen LogP contribution in [0.25, 0.3) is 0 Å². The molecule has 96 valence electrons. The smallest absolute Gasteiger partial charge is 0.179 e. The SMILES string of the molecule is CCC(C)(CO)Nc1ncccc1S(C)(=O)=O. The molecule has 1 aromatic rings. The average molecular weight is 258 g/mol. The van der Waals surface area contributed by atoms with Crippen LogP contribution in [0, 0.1) is 0 Å². The number of nitrogens with one attached hydrogen (secondary N) is 1. The van der Waals surface area contributed by atoms with Gasteiger partial charge in [-0.1, -0.05) is 6.92 Å². The van der Waals surface area contributed by atoms with Gasteiger partial charge >= 0.3 is 0 Å². The minimum absolute atomic E-state index is 0.0940. The monoisotopic (exact) mass is 258 g/mol. The van der Waals surface area contributed by atoms with E-state index < -0.39 is 15.4 Å². The maximum absolute atomic E-state index is 11.6. The fourth-order valence-corrected chi connectivity index (χ4v) is 2.09. The molecule has 1 heterocycles. The molecule has 5 nitrogen and oxygen atoms in total. The van der Waals surface area contributed by atoms with Crippen LogP contribution in [0.4, 0.5) is 5.82 Å². The minimum atomic E-state index is -3.33. The van der Waals surface area contributed by atoms with E-state index in [-0.39, 0.29) is 17.3 Å². The van der Waals surface area contributed by atoms with Crippen molar-refractivity contribution in [2.75, 3.05) is 18.2 Å². The topological polar surface area (TPSA) is 79.3 Å². The van der Waals surface area contributed by atoms with E-state index in [1.165, 1.54) is 12.3 Å². The third-order valence-corrected chi connectivity index (χ3v) is 3.85. The molecule has 0 fully saturated rings. The molecule has 1 atom stereocenters. The van der Waals surface area contributed by atoms with E-state index in [4.69, 9.17) is 0 Å². The second-order valence-electron chi connectivity index (χ2n) is 4.32. The van der Waals surface area contributed by atoms with E-state index in [9.17, 15) is 13.5 Å². The van der Waals surface area contributed by atoms with Crippen LogP contribution >= 0.6 is 0 Å². The lowest BCUT2D eigenvalue weighted by Crippen LogP contribution is -2.38. The highest BCUT2D eigenvalue weighted by atomic mass is 32.2. The molecular weight excluding hydrogens is 240 g/mol. The maximum atomic E-state index is 11.6. The van der Waals surface area contributed by atoms with Gasteiger partial charge in [-0.25, -0.2) is 13.4 Å². The van der Waals surface area contributed by atoms with Crippen molar-refractivity contribution in [3.8, 4) is 0 Å². The maximum Gasteiger partial charge on any atom is 0.179 e. The third-order valence-electron chi connectivity index (χ3n) is 2.72. The van der Waals surface area contributed by atoms with Gasteiger partial charge in [0.15, 0.2) is 9.84 Å². The Kier molecular flexibility index (Phi) is 4.11. The van der Waals surface area contributed by atoms with Gasteiger partial charge in [0.2, 0.25) is 0 Å². The van der Waals surface area contributed by atoms with E-state index in [0.717, 1.165) is 6.26 Å². The Morgan fingerprint density at radius 2 is 2.18 bits per heavy atom. The van der Waals surface area contributed by atoms with Gasteiger partial charge in [-0.15, -0.1) is 0 Å². The molecule has 0 saturated heterocycles. The summed E-state index contributed by atoms with van der Waals surface area (Å²) in [6.07, 6.45) is 3.31. The number of hydrogen-bond acceptors (Lipinski definition) is 5. The number of hydrogen-bond donors (Lipinski definition) is 2. The second-order valence-corrected chi connectivity index (χ2v) is 6.30. The van der Waals surface area contributed by atoms with Crippen LogP contribution in [0.3, 0.4) is 0 Å². The number of nitrogens with zero attached hydrogens (tertiary/aromatic N) is 1. The van der Waals surface area contributed by atoms with Crippen molar-refractivity contribution in [3.63, 3.8) is 0 Å². The van der Waals surface area contributed by atoms with Gasteiger partial charge in [-0.2, -0.15) is 0 Å². The van der Waals surface area contributed by atoms with Crippen molar-refractivity contribution in [1.82, 2.24) is 4.98 Å². The molecule has 0 amide bonds. The average Bonchev–Trinajstić information content (AvgIpc) is 2.28. The Labute approximate surface area is 102 Å². The first kappa shape index (κ1) is 13.9. The first-order valence-electron chi connectivity index (χ1n) is 5.36. The van der Waals surface area contributed by atoms with E-state index in [2.05, 4.69) is 10.3 Å². The Balaban J connectivity index is 3.16. The fourth-order valence-electron chi connectivity index (χ4n) is 1.31. The van der Waals surface area contributed by atoms with Crippen molar-refractivity contribution in [2.45, 2.75) is 30.7 Å². The lowest BCUT2D eigenvalue weighted by atomic mass is 10.0. The summed E-state index contributed by atoms with van der Waals surface area (Å²) in [6, 6.07) is 3.07. The molecule has 0 aliphatic heterocycles. The number of pyridine rings is 1. The highest BCUT2D eigenvalue weighted by Crippen LogP contribution is 2.23. The predicted molar refractivity (Wildman–Crippen MR) is 66.8 cm³/mol.